The molecule has 2 rings (SSSR count). The van der Waals surface area contributed by atoms with Gasteiger partial charge in [0, 0.05) is 41.3 Å². The summed E-state index contributed by atoms with van der Waals surface area (Å²) in [5, 5.41) is 0. The summed E-state index contributed by atoms with van der Waals surface area (Å²) in [6.07, 6.45) is 0.0198. The first-order valence-corrected chi connectivity index (χ1v) is 8.55. The summed E-state index contributed by atoms with van der Waals surface area (Å²) in [5.41, 5.74) is 0. The molecule has 0 aromatic heterocycles. The number of alkyl halides is 4. The van der Waals surface area contributed by atoms with Gasteiger partial charge in [0.15, 0.2) is 0 Å². The maximum Gasteiger partial charge on any atom is 0.395 e. The van der Waals surface area contributed by atoms with Gasteiger partial charge in [-0.3, -0.25) is 19.2 Å². The molecule has 2 heterocycles. The Morgan fingerprint density at radius 3 is 1.32 bits per heavy atom. The summed E-state index contributed by atoms with van der Waals surface area (Å²) in [6.45, 7) is 0.365. The molecule has 28 heavy (non-hydrogen) atoms. The first-order chi connectivity index (χ1) is 12.7. The van der Waals surface area contributed by atoms with Crippen molar-refractivity contribution in [2.24, 2.45) is 0 Å². The molecule has 2 unspecified atom stereocenters. The van der Waals surface area contributed by atoms with Crippen molar-refractivity contribution in [1.82, 2.24) is 19.6 Å². The third kappa shape index (κ3) is 3.28. The fraction of sp³-hybridized carbons (Fsp3) is 0.750. The minimum atomic E-state index is -5.39. The van der Waals surface area contributed by atoms with Gasteiger partial charge in [0.2, 0.25) is 11.8 Å². The number of rotatable bonds is 5. The number of halogens is 4. The van der Waals surface area contributed by atoms with Crippen LogP contribution in [0.3, 0.4) is 0 Å². The second kappa shape index (κ2) is 7.21. The van der Waals surface area contributed by atoms with Crippen molar-refractivity contribution >= 4 is 23.6 Å². The van der Waals surface area contributed by atoms with E-state index < -0.39 is 47.6 Å². The first-order valence-electron chi connectivity index (χ1n) is 8.55. The maximum atomic E-state index is 14.4. The number of nitrogens with zero attached hydrogens (tertiary/aromatic N) is 4. The molecule has 2 aliphatic heterocycles. The molecule has 12 heteroatoms. The van der Waals surface area contributed by atoms with Gasteiger partial charge in [0.25, 0.3) is 0 Å². The second-order valence-corrected chi connectivity index (χ2v) is 7.11. The molecule has 2 aliphatic rings. The summed E-state index contributed by atoms with van der Waals surface area (Å²) < 4.78 is 57.5. The molecule has 0 aliphatic carbocycles. The molecular formula is C16H22F4N4O4. The third-order valence-electron chi connectivity index (χ3n) is 5.31. The number of carbonyl (C=O) groups excluding carboxylic acids is 4. The zero-order valence-corrected chi connectivity index (χ0v) is 15.9. The Morgan fingerprint density at radius 1 is 0.821 bits per heavy atom. The van der Waals surface area contributed by atoms with Crippen LogP contribution in [-0.4, -0.2) is 108 Å². The SMILES string of the molecule is CN1CCC(N(C)C(=O)C(F)(F)C(F)(F)C(=O)N(C)C2CCN(C)C2=O)C1=O. The van der Waals surface area contributed by atoms with E-state index in [0.29, 0.717) is 0 Å². The van der Waals surface area contributed by atoms with E-state index in [1.54, 1.807) is 0 Å². The van der Waals surface area contributed by atoms with E-state index in [4.69, 9.17) is 0 Å². The van der Waals surface area contributed by atoms with Crippen molar-refractivity contribution in [3.05, 3.63) is 0 Å². The molecule has 2 saturated heterocycles. The predicted molar refractivity (Wildman–Crippen MR) is 87.5 cm³/mol. The first kappa shape index (κ1) is 21.9. The van der Waals surface area contributed by atoms with Gasteiger partial charge < -0.3 is 19.6 Å². The highest BCUT2D eigenvalue weighted by Crippen LogP contribution is 2.38. The standard InChI is InChI=1S/C16H22F4N4O4/c1-21-7-5-9(11(21)25)23(3)13(27)15(17,18)16(19,20)14(28)24(4)10-6-8-22(2)12(10)26/h9-10H,5-8H2,1-4H3. The van der Waals surface area contributed by atoms with Crippen LogP contribution in [0.2, 0.25) is 0 Å². The average Bonchev–Trinajstić information content (AvgIpc) is 3.14. The Bertz CT molecular complexity index is 644. The molecule has 158 valence electrons. The molecule has 2 fully saturated rings. The molecule has 0 aromatic carbocycles. The summed E-state index contributed by atoms with van der Waals surface area (Å²) >= 11 is 0. The lowest BCUT2D eigenvalue weighted by Gasteiger charge is -2.33. The Morgan fingerprint density at radius 2 is 1.11 bits per heavy atom. The summed E-state index contributed by atoms with van der Waals surface area (Å²) in [6, 6.07) is -2.62. The number of likely N-dealkylation sites (N-methyl/N-ethyl adjacent to an activating group) is 4. The zero-order chi connectivity index (χ0) is 21.6. The largest absolute Gasteiger partial charge is 0.395 e. The van der Waals surface area contributed by atoms with Crippen LogP contribution in [-0.2, 0) is 19.2 Å². The molecule has 2 atom stereocenters. The third-order valence-corrected chi connectivity index (χ3v) is 5.31. The van der Waals surface area contributed by atoms with E-state index in [9.17, 15) is 36.7 Å². The molecule has 0 aromatic rings. The highest BCUT2D eigenvalue weighted by atomic mass is 19.3. The van der Waals surface area contributed by atoms with Crippen LogP contribution in [0, 0.1) is 0 Å². The van der Waals surface area contributed by atoms with Crippen molar-refractivity contribution < 1.29 is 36.7 Å². The zero-order valence-electron chi connectivity index (χ0n) is 15.9. The van der Waals surface area contributed by atoms with Crippen LogP contribution in [0.5, 0.6) is 0 Å². The van der Waals surface area contributed by atoms with Crippen molar-refractivity contribution in [1.29, 1.82) is 0 Å². The smallest absolute Gasteiger partial charge is 0.344 e. The normalized spacial score (nSPS) is 23.4. The lowest BCUT2D eigenvalue weighted by atomic mass is 10.1. The van der Waals surface area contributed by atoms with Crippen molar-refractivity contribution in [3.63, 3.8) is 0 Å². The van der Waals surface area contributed by atoms with Gasteiger partial charge in [0.1, 0.15) is 12.1 Å². The highest BCUT2D eigenvalue weighted by molar-refractivity contribution is 5.99. The van der Waals surface area contributed by atoms with Crippen molar-refractivity contribution in [2.75, 3.05) is 41.3 Å². The van der Waals surface area contributed by atoms with Crippen LogP contribution in [0.1, 0.15) is 12.8 Å². The van der Waals surface area contributed by atoms with Gasteiger partial charge in [-0.15, -0.1) is 0 Å². The lowest BCUT2D eigenvalue weighted by Crippen LogP contribution is -2.62. The minimum Gasteiger partial charge on any atom is -0.344 e. The van der Waals surface area contributed by atoms with E-state index in [-0.39, 0.29) is 35.7 Å². The van der Waals surface area contributed by atoms with Crippen LogP contribution in [0.15, 0.2) is 0 Å². The molecule has 4 amide bonds. The van der Waals surface area contributed by atoms with Crippen LogP contribution < -0.4 is 0 Å². The Balaban J connectivity index is 2.21. The molecule has 0 radical (unpaired) electrons. The summed E-state index contributed by atoms with van der Waals surface area (Å²) in [5.74, 6) is -16.7. The summed E-state index contributed by atoms with van der Waals surface area (Å²) in [7, 11) is 4.42. The number of hydrogen-bond acceptors (Lipinski definition) is 4. The highest BCUT2D eigenvalue weighted by Gasteiger charge is 2.69. The Hall–Kier alpha value is -2.40. The summed E-state index contributed by atoms with van der Waals surface area (Å²) in [4.78, 5) is 50.9. The van der Waals surface area contributed by atoms with Gasteiger partial charge in [-0.05, 0) is 12.8 Å². The van der Waals surface area contributed by atoms with Crippen LogP contribution in [0.25, 0.3) is 0 Å². The van der Waals surface area contributed by atoms with Gasteiger partial charge >= 0.3 is 23.7 Å². The van der Waals surface area contributed by atoms with Crippen LogP contribution in [0.4, 0.5) is 17.6 Å². The Kier molecular flexibility index (Phi) is 5.64. The van der Waals surface area contributed by atoms with Gasteiger partial charge in [-0.1, -0.05) is 0 Å². The van der Waals surface area contributed by atoms with E-state index in [2.05, 4.69) is 0 Å². The molecule has 0 bridgehead atoms. The van der Waals surface area contributed by atoms with Gasteiger partial charge in [0.05, 0.1) is 0 Å². The minimum absolute atomic E-state index is 0.00991. The maximum absolute atomic E-state index is 14.4. The molecule has 8 nitrogen and oxygen atoms in total. The van der Waals surface area contributed by atoms with Crippen molar-refractivity contribution in [2.45, 2.75) is 36.8 Å². The van der Waals surface area contributed by atoms with Crippen LogP contribution >= 0.6 is 0 Å². The van der Waals surface area contributed by atoms with E-state index >= 15 is 0 Å². The van der Waals surface area contributed by atoms with Gasteiger partial charge in [-0.25, -0.2) is 0 Å². The molecule has 0 spiro atoms. The number of hydrogen-bond donors (Lipinski definition) is 0. The fourth-order valence-electron chi connectivity index (χ4n) is 3.32. The molecular weight excluding hydrogens is 388 g/mol. The number of carbonyl (C=O) groups is 4. The quantitative estimate of drug-likeness (QED) is 0.580. The number of amides is 4. The molecule has 0 N–H and O–H groups in total. The number of likely N-dealkylation sites (tertiary alicyclic amines) is 2. The average molecular weight is 410 g/mol. The molecule has 0 saturated carbocycles. The topological polar surface area (TPSA) is 81.2 Å². The lowest BCUT2D eigenvalue weighted by molar-refractivity contribution is -0.223. The van der Waals surface area contributed by atoms with Gasteiger partial charge in [-0.2, -0.15) is 17.6 Å². The van der Waals surface area contributed by atoms with E-state index in [1.807, 2.05) is 0 Å². The monoisotopic (exact) mass is 410 g/mol. The Labute approximate surface area is 159 Å². The fourth-order valence-corrected chi connectivity index (χ4v) is 3.32. The van der Waals surface area contributed by atoms with E-state index in [1.165, 1.54) is 23.9 Å². The van der Waals surface area contributed by atoms with E-state index in [0.717, 1.165) is 14.1 Å². The predicted octanol–water partition coefficient (Wildman–Crippen LogP) is -0.365. The van der Waals surface area contributed by atoms with Crippen molar-refractivity contribution in [3.8, 4) is 0 Å². The second-order valence-electron chi connectivity index (χ2n) is 7.11.